The van der Waals surface area contributed by atoms with E-state index < -0.39 is 16.7 Å². The third-order valence-corrected chi connectivity index (χ3v) is 2.57. The van der Waals surface area contributed by atoms with E-state index in [9.17, 15) is 8.78 Å². The molecule has 0 spiro atoms. The number of halogens is 3. The minimum atomic E-state index is -0.834. The lowest BCUT2D eigenvalue weighted by Crippen LogP contribution is -1.97. The zero-order valence-electron chi connectivity index (χ0n) is 8.34. The molecular formula is C10H8ClF2N3. The Balaban J connectivity index is 2.61. The van der Waals surface area contributed by atoms with Gasteiger partial charge in [-0.15, -0.1) is 0 Å². The average molecular weight is 244 g/mol. The Kier molecular flexibility index (Phi) is 2.55. The van der Waals surface area contributed by atoms with Crippen molar-refractivity contribution in [1.82, 2.24) is 9.78 Å². The van der Waals surface area contributed by atoms with Crippen molar-refractivity contribution in [3.05, 3.63) is 34.9 Å². The predicted octanol–water partition coefficient (Wildman–Crippen LogP) is 2.60. The molecule has 6 heteroatoms. The van der Waals surface area contributed by atoms with Crippen LogP contribution >= 0.6 is 11.6 Å². The van der Waals surface area contributed by atoms with Gasteiger partial charge in [0.25, 0.3) is 0 Å². The Labute approximate surface area is 95.4 Å². The minimum Gasteiger partial charge on any atom is -0.384 e. The Bertz CT molecular complexity index is 532. The van der Waals surface area contributed by atoms with Gasteiger partial charge in [-0.25, -0.2) is 8.78 Å². The molecule has 0 amide bonds. The van der Waals surface area contributed by atoms with Crippen LogP contribution in [0.1, 0.15) is 0 Å². The molecule has 0 fully saturated rings. The summed E-state index contributed by atoms with van der Waals surface area (Å²) in [7, 11) is 1.63. The maximum atomic E-state index is 13.6. The van der Waals surface area contributed by atoms with Crippen molar-refractivity contribution in [3.8, 4) is 11.3 Å². The summed E-state index contributed by atoms with van der Waals surface area (Å²) in [6, 6.07) is 3.86. The molecule has 0 saturated heterocycles. The molecule has 0 aliphatic heterocycles. The van der Waals surface area contributed by atoms with Gasteiger partial charge in [-0.3, -0.25) is 4.68 Å². The van der Waals surface area contributed by atoms with Gasteiger partial charge in [0, 0.05) is 18.7 Å². The van der Waals surface area contributed by atoms with Gasteiger partial charge < -0.3 is 5.73 Å². The normalized spacial score (nSPS) is 10.8. The van der Waals surface area contributed by atoms with Gasteiger partial charge in [-0.05, 0) is 12.1 Å². The largest absolute Gasteiger partial charge is 0.384 e. The Morgan fingerprint density at radius 3 is 2.62 bits per heavy atom. The van der Waals surface area contributed by atoms with Crippen molar-refractivity contribution in [3.63, 3.8) is 0 Å². The van der Waals surface area contributed by atoms with Gasteiger partial charge in [-0.2, -0.15) is 5.10 Å². The topological polar surface area (TPSA) is 43.8 Å². The summed E-state index contributed by atoms with van der Waals surface area (Å²) in [6.45, 7) is 0. The number of hydrogen-bond acceptors (Lipinski definition) is 2. The van der Waals surface area contributed by atoms with E-state index in [2.05, 4.69) is 5.10 Å². The van der Waals surface area contributed by atoms with Gasteiger partial charge in [0.2, 0.25) is 0 Å². The number of nitrogen functional groups attached to an aromatic ring is 1. The molecule has 1 heterocycles. The fourth-order valence-corrected chi connectivity index (χ4v) is 1.50. The van der Waals surface area contributed by atoms with Gasteiger partial charge in [0.05, 0.1) is 5.69 Å². The fourth-order valence-electron chi connectivity index (χ4n) is 1.34. The molecule has 0 aliphatic rings. The summed E-state index contributed by atoms with van der Waals surface area (Å²) in [5, 5.41) is 3.44. The first-order valence-corrected chi connectivity index (χ1v) is 4.82. The molecule has 0 atom stereocenters. The number of nitrogens with zero attached hydrogens (tertiary/aromatic N) is 2. The van der Waals surface area contributed by atoms with E-state index in [0.29, 0.717) is 11.5 Å². The summed E-state index contributed by atoms with van der Waals surface area (Å²) in [5.74, 6) is -1.25. The van der Waals surface area contributed by atoms with Crippen LogP contribution in [0.5, 0.6) is 0 Å². The first-order chi connectivity index (χ1) is 7.50. The highest BCUT2D eigenvalue weighted by atomic mass is 35.5. The summed E-state index contributed by atoms with van der Waals surface area (Å²) in [4.78, 5) is 0. The number of rotatable bonds is 1. The molecule has 16 heavy (non-hydrogen) atoms. The SMILES string of the molecule is Cn1nc(-c2ccc(F)c(Cl)c2F)cc1N. The molecule has 0 saturated carbocycles. The Hall–Kier alpha value is -1.62. The second-order valence-corrected chi connectivity index (χ2v) is 3.68. The number of benzene rings is 1. The number of nitrogens with two attached hydrogens (primary N) is 1. The number of aryl methyl sites for hydroxylation is 1. The molecular weight excluding hydrogens is 236 g/mol. The van der Waals surface area contributed by atoms with Crippen LogP contribution in [-0.2, 0) is 7.05 Å². The summed E-state index contributed by atoms with van der Waals surface area (Å²) in [6.07, 6.45) is 0. The van der Waals surface area contributed by atoms with Crippen molar-refractivity contribution in [2.45, 2.75) is 0 Å². The van der Waals surface area contributed by atoms with Crippen molar-refractivity contribution in [2.24, 2.45) is 7.05 Å². The molecule has 2 N–H and O–H groups in total. The molecule has 0 unspecified atom stereocenters. The average Bonchev–Trinajstić information content (AvgIpc) is 2.56. The van der Waals surface area contributed by atoms with Crippen molar-refractivity contribution in [2.75, 3.05) is 5.73 Å². The standard InChI is InChI=1S/C10H8ClF2N3/c1-16-8(14)4-7(15-16)5-2-3-6(12)9(11)10(5)13/h2-4H,14H2,1H3. The lowest BCUT2D eigenvalue weighted by Gasteiger charge is -2.01. The van der Waals surface area contributed by atoms with Crippen molar-refractivity contribution >= 4 is 17.4 Å². The number of aromatic nitrogens is 2. The molecule has 1 aromatic heterocycles. The van der Waals surface area contributed by atoms with E-state index in [-0.39, 0.29) is 5.56 Å². The third kappa shape index (κ3) is 1.63. The molecule has 0 aliphatic carbocycles. The van der Waals surface area contributed by atoms with Crippen LogP contribution < -0.4 is 5.73 Å². The van der Waals surface area contributed by atoms with Gasteiger partial charge in [0.15, 0.2) is 5.82 Å². The van der Waals surface area contributed by atoms with Crippen LogP contribution in [-0.4, -0.2) is 9.78 Å². The quantitative estimate of drug-likeness (QED) is 0.783. The van der Waals surface area contributed by atoms with Crippen LogP contribution in [0.15, 0.2) is 18.2 Å². The molecule has 2 rings (SSSR count). The zero-order chi connectivity index (χ0) is 11.9. The Morgan fingerprint density at radius 1 is 1.38 bits per heavy atom. The second-order valence-electron chi connectivity index (χ2n) is 3.30. The van der Waals surface area contributed by atoms with E-state index in [4.69, 9.17) is 17.3 Å². The van der Waals surface area contributed by atoms with E-state index in [1.807, 2.05) is 0 Å². The maximum absolute atomic E-state index is 13.6. The summed E-state index contributed by atoms with van der Waals surface area (Å²) in [5.41, 5.74) is 6.01. The predicted molar refractivity (Wildman–Crippen MR) is 58.0 cm³/mol. The van der Waals surface area contributed by atoms with Crippen LogP contribution in [0.3, 0.4) is 0 Å². The number of anilines is 1. The van der Waals surface area contributed by atoms with Crippen LogP contribution in [0.2, 0.25) is 5.02 Å². The lowest BCUT2D eigenvalue weighted by molar-refractivity contribution is 0.586. The van der Waals surface area contributed by atoms with Crippen LogP contribution in [0, 0.1) is 11.6 Å². The van der Waals surface area contributed by atoms with E-state index >= 15 is 0 Å². The summed E-state index contributed by atoms with van der Waals surface area (Å²) >= 11 is 5.46. The highest BCUT2D eigenvalue weighted by Gasteiger charge is 2.15. The summed E-state index contributed by atoms with van der Waals surface area (Å²) < 4.78 is 28.0. The van der Waals surface area contributed by atoms with Crippen LogP contribution in [0.25, 0.3) is 11.3 Å². The third-order valence-electron chi connectivity index (χ3n) is 2.23. The molecule has 0 radical (unpaired) electrons. The van der Waals surface area contributed by atoms with E-state index in [0.717, 1.165) is 6.07 Å². The highest BCUT2D eigenvalue weighted by molar-refractivity contribution is 6.31. The highest BCUT2D eigenvalue weighted by Crippen LogP contribution is 2.29. The Morgan fingerprint density at radius 2 is 2.06 bits per heavy atom. The first kappa shape index (κ1) is 10.9. The molecule has 3 nitrogen and oxygen atoms in total. The molecule has 1 aromatic carbocycles. The fraction of sp³-hybridized carbons (Fsp3) is 0.100. The molecule has 2 aromatic rings. The molecule has 0 bridgehead atoms. The van der Waals surface area contributed by atoms with Crippen molar-refractivity contribution in [1.29, 1.82) is 0 Å². The monoisotopic (exact) mass is 243 g/mol. The second kappa shape index (κ2) is 3.75. The molecule has 84 valence electrons. The minimum absolute atomic E-state index is 0.124. The zero-order valence-corrected chi connectivity index (χ0v) is 9.09. The van der Waals surface area contributed by atoms with Crippen LogP contribution in [0.4, 0.5) is 14.6 Å². The maximum Gasteiger partial charge on any atom is 0.154 e. The van der Waals surface area contributed by atoms with E-state index in [1.54, 1.807) is 7.05 Å². The lowest BCUT2D eigenvalue weighted by atomic mass is 10.1. The smallest absolute Gasteiger partial charge is 0.154 e. The van der Waals surface area contributed by atoms with Gasteiger partial charge >= 0.3 is 0 Å². The number of hydrogen-bond donors (Lipinski definition) is 1. The van der Waals surface area contributed by atoms with Gasteiger partial charge in [0.1, 0.15) is 16.7 Å². The van der Waals surface area contributed by atoms with Gasteiger partial charge in [-0.1, -0.05) is 11.6 Å². The van der Waals surface area contributed by atoms with Crippen molar-refractivity contribution < 1.29 is 8.78 Å². The van der Waals surface area contributed by atoms with E-state index in [1.165, 1.54) is 16.8 Å². The first-order valence-electron chi connectivity index (χ1n) is 4.44.